The van der Waals surface area contributed by atoms with Crippen molar-refractivity contribution in [1.82, 2.24) is 5.43 Å². The van der Waals surface area contributed by atoms with Gasteiger partial charge in [0.15, 0.2) is 0 Å². The second kappa shape index (κ2) is 6.50. The Balaban J connectivity index is 2.31. The summed E-state index contributed by atoms with van der Waals surface area (Å²) in [7, 11) is 0. The molecule has 0 amide bonds. The Kier molecular flexibility index (Phi) is 4.72. The molecule has 0 fully saturated rings. The van der Waals surface area contributed by atoms with E-state index in [1.165, 1.54) is 16.7 Å². The van der Waals surface area contributed by atoms with Crippen molar-refractivity contribution in [2.24, 2.45) is 5.84 Å². The molecule has 3 N–H and O–H groups in total. The van der Waals surface area contributed by atoms with E-state index >= 15 is 0 Å². The molecule has 0 bridgehead atoms. The summed E-state index contributed by atoms with van der Waals surface area (Å²) in [6, 6.07) is 19.3. The lowest BCUT2D eigenvalue weighted by Gasteiger charge is -2.26. The molecule has 0 aliphatic rings. The van der Waals surface area contributed by atoms with Gasteiger partial charge in [-0.1, -0.05) is 67.1 Å². The highest BCUT2D eigenvalue weighted by molar-refractivity contribution is 5.29. The summed E-state index contributed by atoms with van der Waals surface area (Å²) in [4.78, 5) is 0. The van der Waals surface area contributed by atoms with Crippen LogP contribution < -0.4 is 11.3 Å². The smallest absolute Gasteiger partial charge is 0.0528 e. The van der Waals surface area contributed by atoms with Crippen LogP contribution in [0.1, 0.15) is 42.0 Å². The second-order valence-corrected chi connectivity index (χ2v) is 4.98. The predicted octanol–water partition coefficient (Wildman–Crippen LogP) is 3.69. The average molecular weight is 254 g/mol. The Morgan fingerprint density at radius 2 is 1.58 bits per heavy atom. The van der Waals surface area contributed by atoms with E-state index in [4.69, 9.17) is 5.84 Å². The standard InChI is InChI=1S/C17H22N2/c1-3-16(14-7-5-4-6-8-14)17(19-18)15-11-9-13(2)10-12-15/h4-12,16-17,19H,3,18H2,1-2H3. The molecule has 100 valence electrons. The molecule has 19 heavy (non-hydrogen) atoms. The topological polar surface area (TPSA) is 38.0 Å². The van der Waals surface area contributed by atoms with Gasteiger partial charge in [0.1, 0.15) is 0 Å². The number of benzene rings is 2. The maximum Gasteiger partial charge on any atom is 0.0528 e. The molecule has 2 rings (SSSR count). The Hall–Kier alpha value is -1.64. The van der Waals surface area contributed by atoms with E-state index < -0.39 is 0 Å². The first-order valence-electron chi connectivity index (χ1n) is 6.84. The quantitative estimate of drug-likeness (QED) is 0.631. The van der Waals surface area contributed by atoms with E-state index in [2.05, 4.69) is 67.8 Å². The summed E-state index contributed by atoms with van der Waals surface area (Å²) in [5.74, 6) is 6.19. The molecule has 0 saturated heterocycles. The van der Waals surface area contributed by atoms with Crippen molar-refractivity contribution in [1.29, 1.82) is 0 Å². The number of hydrogen-bond acceptors (Lipinski definition) is 2. The zero-order chi connectivity index (χ0) is 13.7. The number of rotatable bonds is 5. The van der Waals surface area contributed by atoms with Crippen LogP contribution in [0.4, 0.5) is 0 Å². The van der Waals surface area contributed by atoms with E-state index in [-0.39, 0.29) is 6.04 Å². The maximum absolute atomic E-state index is 5.81. The number of aryl methyl sites for hydroxylation is 1. The first-order chi connectivity index (χ1) is 9.26. The van der Waals surface area contributed by atoms with Crippen molar-refractivity contribution >= 4 is 0 Å². The van der Waals surface area contributed by atoms with Gasteiger partial charge in [-0.15, -0.1) is 0 Å². The zero-order valence-electron chi connectivity index (χ0n) is 11.6. The van der Waals surface area contributed by atoms with Gasteiger partial charge < -0.3 is 0 Å². The maximum atomic E-state index is 5.81. The molecule has 0 radical (unpaired) electrons. The predicted molar refractivity (Wildman–Crippen MR) is 80.7 cm³/mol. The van der Waals surface area contributed by atoms with Crippen LogP contribution in [0.2, 0.25) is 0 Å². The van der Waals surface area contributed by atoms with Gasteiger partial charge in [0.2, 0.25) is 0 Å². The third kappa shape index (κ3) is 3.22. The zero-order valence-corrected chi connectivity index (χ0v) is 11.6. The van der Waals surface area contributed by atoms with Gasteiger partial charge in [-0.05, 0) is 24.5 Å². The molecule has 0 aliphatic heterocycles. The van der Waals surface area contributed by atoms with Crippen molar-refractivity contribution in [3.8, 4) is 0 Å². The van der Waals surface area contributed by atoms with E-state index in [9.17, 15) is 0 Å². The fraction of sp³-hybridized carbons (Fsp3) is 0.294. The van der Waals surface area contributed by atoms with Gasteiger partial charge >= 0.3 is 0 Å². The third-order valence-corrected chi connectivity index (χ3v) is 3.69. The van der Waals surface area contributed by atoms with Crippen LogP contribution in [0.5, 0.6) is 0 Å². The fourth-order valence-corrected chi connectivity index (χ4v) is 2.58. The van der Waals surface area contributed by atoms with Crippen LogP contribution in [-0.4, -0.2) is 0 Å². The largest absolute Gasteiger partial charge is 0.271 e. The summed E-state index contributed by atoms with van der Waals surface area (Å²) in [6.45, 7) is 4.30. The number of hydrazine groups is 1. The molecule has 0 aliphatic carbocycles. The van der Waals surface area contributed by atoms with E-state index in [1.807, 2.05) is 6.07 Å². The van der Waals surface area contributed by atoms with Gasteiger partial charge in [-0.2, -0.15) is 0 Å². The minimum Gasteiger partial charge on any atom is -0.271 e. The van der Waals surface area contributed by atoms with Crippen molar-refractivity contribution in [2.75, 3.05) is 0 Å². The van der Waals surface area contributed by atoms with Crippen LogP contribution in [-0.2, 0) is 0 Å². The van der Waals surface area contributed by atoms with E-state index in [0.717, 1.165) is 6.42 Å². The average Bonchev–Trinajstić information content (AvgIpc) is 2.47. The molecule has 0 aromatic heterocycles. The Bertz CT molecular complexity index is 490. The van der Waals surface area contributed by atoms with Gasteiger partial charge in [-0.3, -0.25) is 11.3 Å². The summed E-state index contributed by atoms with van der Waals surface area (Å²) in [6.07, 6.45) is 1.05. The van der Waals surface area contributed by atoms with Gasteiger partial charge in [0.25, 0.3) is 0 Å². The molecule has 2 aromatic rings. The van der Waals surface area contributed by atoms with Crippen LogP contribution in [0.25, 0.3) is 0 Å². The molecule has 2 atom stereocenters. The van der Waals surface area contributed by atoms with Crippen molar-refractivity contribution in [3.05, 3.63) is 71.3 Å². The molecule has 0 heterocycles. The second-order valence-electron chi connectivity index (χ2n) is 4.98. The summed E-state index contributed by atoms with van der Waals surface area (Å²) in [5.41, 5.74) is 6.82. The highest BCUT2D eigenvalue weighted by Gasteiger charge is 2.21. The van der Waals surface area contributed by atoms with Crippen LogP contribution >= 0.6 is 0 Å². The molecular weight excluding hydrogens is 232 g/mol. The third-order valence-electron chi connectivity index (χ3n) is 3.69. The van der Waals surface area contributed by atoms with Crippen molar-refractivity contribution in [2.45, 2.75) is 32.2 Å². The molecule has 0 spiro atoms. The molecule has 2 aromatic carbocycles. The van der Waals surface area contributed by atoms with Crippen LogP contribution in [0, 0.1) is 6.92 Å². The van der Waals surface area contributed by atoms with Gasteiger partial charge in [0, 0.05) is 5.92 Å². The van der Waals surface area contributed by atoms with E-state index in [1.54, 1.807) is 0 Å². The van der Waals surface area contributed by atoms with Crippen molar-refractivity contribution in [3.63, 3.8) is 0 Å². The Morgan fingerprint density at radius 3 is 2.11 bits per heavy atom. The molecule has 0 saturated carbocycles. The lowest BCUT2D eigenvalue weighted by molar-refractivity contribution is 0.445. The number of nitrogens with two attached hydrogens (primary N) is 1. The van der Waals surface area contributed by atoms with E-state index in [0.29, 0.717) is 5.92 Å². The molecule has 2 nitrogen and oxygen atoms in total. The molecule has 2 unspecified atom stereocenters. The van der Waals surface area contributed by atoms with Crippen LogP contribution in [0.3, 0.4) is 0 Å². The number of nitrogens with one attached hydrogen (secondary N) is 1. The van der Waals surface area contributed by atoms with Gasteiger partial charge in [0.05, 0.1) is 6.04 Å². The SMILES string of the molecule is CCC(c1ccccc1)C(NN)c1ccc(C)cc1. The first-order valence-corrected chi connectivity index (χ1v) is 6.84. The number of hydrogen-bond donors (Lipinski definition) is 2. The van der Waals surface area contributed by atoms with Crippen LogP contribution in [0.15, 0.2) is 54.6 Å². The minimum absolute atomic E-state index is 0.146. The summed E-state index contributed by atoms with van der Waals surface area (Å²) >= 11 is 0. The Morgan fingerprint density at radius 1 is 0.947 bits per heavy atom. The lowest BCUT2D eigenvalue weighted by Crippen LogP contribution is -2.32. The summed E-state index contributed by atoms with van der Waals surface area (Å²) in [5, 5.41) is 0. The molecular formula is C17H22N2. The lowest BCUT2D eigenvalue weighted by atomic mass is 9.85. The molecule has 2 heteroatoms. The monoisotopic (exact) mass is 254 g/mol. The Labute approximate surface area is 115 Å². The first kappa shape index (κ1) is 13.8. The highest BCUT2D eigenvalue weighted by Crippen LogP contribution is 2.33. The van der Waals surface area contributed by atoms with Gasteiger partial charge in [-0.25, -0.2) is 0 Å². The highest BCUT2D eigenvalue weighted by atomic mass is 15.2. The minimum atomic E-state index is 0.146. The summed E-state index contributed by atoms with van der Waals surface area (Å²) < 4.78 is 0. The normalized spacial score (nSPS) is 14.1. The fourth-order valence-electron chi connectivity index (χ4n) is 2.58. The van der Waals surface area contributed by atoms with Crippen molar-refractivity contribution < 1.29 is 0 Å².